The predicted octanol–water partition coefficient (Wildman–Crippen LogP) is 2.76. The predicted molar refractivity (Wildman–Crippen MR) is 90.2 cm³/mol. The van der Waals surface area contributed by atoms with Crippen molar-refractivity contribution in [1.29, 1.82) is 0 Å². The zero-order valence-corrected chi connectivity index (χ0v) is 13.9. The maximum atomic E-state index is 5.67. The molecule has 1 atom stereocenters. The largest absolute Gasteiger partial charge is 0.493 e. The number of hydrogen-bond donors (Lipinski definition) is 1. The number of methoxy groups -OCH3 is 2. The van der Waals surface area contributed by atoms with Gasteiger partial charge in [-0.25, -0.2) is 0 Å². The van der Waals surface area contributed by atoms with Gasteiger partial charge >= 0.3 is 0 Å². The smallest absolute Gasteiger partial charge is 0.165 e. The van der Waals surface area contributed by atoms with Gasteiger partial charge in [-0.15, -0.1) is 0 Å². The summed E-state index contributed by atoms with van der Waals surface area (Å²) in [4.78, 5) is 2.51. The highest BCUT2D eigenvalue weighted by molar-refractivity contribution is 7.08. The number of hydrogen-bond acceptors (Lipinski definition) is 5. The summed E-state index contributed by atoms with van der Waals surface area (Å²) in [5.74, 6) is 1.62. The molecule has 4 nitrogen and oxygen atoms in total. The van der Waals surface area contributed by atoms with Crippen LogP contribution in [0.3, 0.4) is 0 Å². The number of benzene rings is 1. The fraction of sp³-hybridized carbons (Fsp3) is 0.412. The summed E-state index contributed by atoms with van der Waals surface area (Å²) in [6, 6.07) is 8.55. The van der Waals surface area contributed by atoms with Crippen LogP contribution in [-0.2, 0) is 0 Å². The lowest BCUT2D eigenvalue weighted by molar-refractivity contribution is 0.195. The van der Waals surface area contributed by atoms with Gasteiger partial charge in [-0.3, -0.25) is 4.90 Å². The Morgan fingerprint density at radius 1 is 1.14 bits per heavy atom. The lowest BCUT2D eigenvalue weighted by atomic mass is 9.97. The Morgan fingerprint density at radius 2 is 1.95 bits per heavy atom. The van der Waals surface area contributed by atoms with Crippen molar-refractivity contribution in [2.75, 3.05) is 40.4 Å². The van der Waals surface area contributed by atoms with Gasteiger partial charge in [-0.2, -0.15) is 11.3 Å². The summed E-state index contributed by atoms with van der Waals surface area (Å²) in [5, 5.41) is 7.79. The second-order valence-electron chi connectivity index (χ2n) is 5.33. The summed E-state index contributed by atoms with van der Waals surface area (Å²) < 4.78 is 11.2. The van der Waals surface area contributed by atoms with E-state index in [1.54, 1.807) is 25.6 Å². The molecule has 1 aliphatic heterocycles. The number of thiophene rings is 1. The summed E-state index contributed by atoms with van der Waals surface area (Å²) in [6.45, 7) is 4.10. The van der Waals surface area contributed by atoms with Gasteiger partial charge in [0.1, 0.15) is 0 Å². The van der Waals surface area contributed by atoms with Crippen LogP contribution >= 0.6 is 11.3 Å². The van der Waals surface area contributed by atoms with Gasteiger partial charge in [0.25, 0.3) is 0 Å². The zero-order chi connectivity index (χ0) is 15.4. The number of ether oxygens (including phenoxy) is 2. The van der Waals surface area contributed by atoms with E-state index in [4.69, 9.17) is 9.47 Å². The summed E-state index contributed by atoms with van der Waals surface area (Å²) in [6.07, 6.45) is 0. The van der Waals surface area contributed by atoms with Crippen LogP contribution in [0.15, 0.2) is 35.0 Å². The molecule has 0 bridgehead atoms. The van der Waals surface area contributed by atoms with Crippen molar-refractivity contribution in [1.82, 2.24) is 10.2 Å². The van der Waals surface area contributed by atoms with Crippen LogP contribution in [0.1, 0.15) is 17.2 Å². The molecule has 118 valence electrons. The Labute approximate surface area is 135 Å². The molecule has 0 saturated carbocycles. The second-order valence-corrected chi connectivity index (χ2v) is 6.11. The highest BCUT2D eigenvalue weighted by Crippen LogP contribution is 2.40. The summed E-state index contributed by atoms with van der Waals surface area (Å²) >= 11 is 1.74. The van der Waals surface area contributed by atoms with E-state index in [-0.39, 0.29) is 6.04 Å². The summed E-state index contributed by atoms with van der Waals surface area (Å²) in [5.41, 5.74) is 2.49. The van der Waals surface area contributed by atoms with Crippen LogP contribution in [0, 0.1) is 0 Å². The Morgan fingerprint density at radius 3 is 2.59 bits per heavy atom. The average molecular weight is 318 g/mol. The highest BCUT2D eigenvalue weighted by Gasteiger charge is 2.28. The third-order valence-corrected chi connectivity index (χ3v) is 4.81. The molecular formula is C17H22N2O2S. The fourth-order valence-corrected chi connectivity index (χ4v) is 3.76. The maximum Gasteiger partial charge on any atom is 0.165 e. The van der Waals surface area contributed by atoms with E-state index in [0.29, 0.717) is 0 Å². The standard InChI is InChI=1S/C17H22N2O2S/c1-20-15-5-3-4-14(17(15)21-2)16(13-6-11-22-12-13)19-9-7-18-8-10-19/h3-6,11-12,16,18H,7-10H2,1-2H3. The maximum absolute atomic E-state index is 5.67. The van der Waals surface area contributed by atoms with Crippen molar-refractivity contribution in [3.8, 4) is 11.5 Å². The molecule has 0 spiro atoms. The van der Waals surface area contributed by atoms with E-state index >= 15 is 0 Å². The van der Waals surface area contributed by atoms with E-state index in [0.717, 1.165) is 37.7 Å². The fourth-order valence-electron chi connectivity index (χ4n) is 3.09. The molecule has 0 aliphatic carbocycles. The van der Waals surface area contributed by atoms with Crippen molar-refractivity contribution in [3.63, 3.8) is 0 Å². The average Bonchev–Trinajstić information content (AvgIpc) is 3.10. The van der Waals surface area contributed by atoms with Gasteiger partial charge in [0.2, 0.25) is 0 Å². The van der Waals surface area contributed by atoms with Crippen LogP contribution in [0.5, 0.6) is 11.5 Å². The SMILES string of the molecule is COc1cccc(C(c2ccsc2)N2CCNCC2)c1OC. The van der Waals surface area contributed by atoms with Gasteiger partial charge in [-0.1, -0.05) is 12.1 Å². The molecule has 1 aromatic carbocycles. The molecule has 1 saturated heterocycles. The molecule has 2 aromatic rings. The topological polar surface area (TPSA) is 33.7 Å². The first kappa shape index (κ1) is 15.3. The molecule has 0 amide bonds. The minimum Gasteiger partial charge on any atom is -0.493 e. The lowest BCUT2D eigenvalue weighted by Crippen LogP contribution is -2.45. The third-order valence-electron chi connectivity index (χ3n) is 4.10. The van der Waals surface area contributed by atoms with Crippen LogP contribution < -0.4 is 14.8 Å². The van der Waals surface area contributed by atoms with E-state index in [2.05, 4.69) is 33.1 Å². The first-order valence-electron chi connectivity index (χ1n) is 7.53. The minimum atomic E-state index is 0.207. The number of piperazine rings is 1. The minimum absolute atomic E-state index is 0.207. The molecule has 1 aliphatic rings. The molecule has 1 N–H and O–H groups in total. The van der Waals surface area contributed by atoms with Crippen molar-refractivity contribution in [2.45, 2.75) is 6.04 Å². The molecule has 1 fully saturated rings. The van der Waals surface area contributed by atoms with Crippen LogP contribution in [0.2, 0.25) is 0 Å². The Balaban J connectivity index is 2.06. The van der Waals surface area contributed by atoms with Crippen molar-refractivity contribution < 1.29 is 9.47 Å². The molecule has 2 heterocycles. The Hall–Kier alpha value is -1.56. The first-order valence-corrected chi connectivity index (χ1v) is 8.47. The number of nitrogens with one attached hydrogen (secondary N) is 1. The van der Waals surface area contributed by atoms with Gasteiger partial charge in [-0.05, 0) is 28.5 Å². The molecule has 3 rings (SSSR count). The molecule has 0 radical (unpaired) electrons. The number of para-hydroxylation sites is 1. The second kappa shape index (κ2) is 7.13. The normalized spacial score (nSPS) is 17.2. The Kier molecular flexibility index (Phi) is 4.97. The van der Waals surface area contributed by atoms with Gasteiger partial charge in [0, 0.05) is 31.7 Å². The third kappa shape index (κ3) is 2.97. The first-order chi connectivity index (χ1) is 10.8. The number of rotatable bonds is 5. The van der Waals surface area contributed by atoms with E-state index in [1.165, 1.54) is 11.1 Å². The van der Waals surface area contributed by atoms with E-state index in [9.17, 15) is 0 Å². The molecular weight excluding hydrogens is 296 g/mol. The molecule has 1 aromatic heterocycles. The van der Waals surface area contributed by atoms with Gasteiger partial charge < -0.3 is 14.8 Å². The highest BCUT2D eigenvalue weighted by atomic mass is 32.1. The van der Waals surface area contributed by atoms with Crippen LogP contribution in [0.25, 0.3) is 0 Å². The zero-order valence-electron chi connectivity index (χ0n) is 13.0. The molecule has 1 unspecified atom stereocenters. The van der Waals surface area contributed by atoms with Gasteiger partial charge in [0.05, 0.1) is 20.3 Å². The monoisotopic (exact) mass is 318 g/mol. The molecule has 5 heteroatoms. The van der Waals surface area contributed by atoms with Crippen LogP contribution in [-0.4, -0.2) is 45.3 Å². The molecule has 22 heavy (non-hydrogen) atoms. The number of nitrogens with zero attached hydrogens (tertiary/aromatic N) is 1. The van der Waals surface area contributed by atoms with Crippen molar-refractivity contribution in [2.24, 2.45) is 0 Å². The van der Waals surface area contributed by atoms with Crippen LogP contribution in [0.4, 0.5) is 0 Å². The summed E-state index contributed by atoms with van der Waals surface area (Å²) in [7, 11) is 3.40. The van der Waals surface area contributed by atoms with Crippen molar-refractivity contribution in [3.05, 3.63) is 46.2 Å². The van der Waals surface area contributed by atoms with E-state index < -0.39 is 0 Å². The van der Waals surface area contributed by atoms with E-state index in [1.807, 2.05) is 12.1 Å². The van der Waals surface area contributed by atoms with Crippen molar-refractivity contribution >= 4 is 11.3 Å². The lowest BCUT2D eigenvalue weighted by Gasteiger charge is -2.35. The Bertz CT molecular complexity index is 595. The quantitative estimate of drug-likeness (QED) is 0.919. The van der Waals surface area contributed by atoms with Gasteiger partial charge in [0.15, 0.2) is 11.5 Å².